The Morgan fingerprint density at radius 1 is 1.11 bits per heavy atom. The third-order valence-corrected chi connectivity index (χ3v) is 11.7. The molecular weight excluding hydrogens is 584 g/mol. The summed E-state index contributed by atoms with van der Waals surface area (Å²) < 4.78 is 46.2. The third-order valence-electron chi connectivity index (χ3n) is 11.7. The number of nitrogen functional groups attached to an aromatic ring is 1. The minimum atomic E-state index is -2.32. The number of allylic oxidation sites excluding steroid dienone is 4. The van der Waals surface area contributed by atoms with Gasteiger partial charge in [-0.2, -0.15) is 0 Å². The number of fused-ring (bicyclic) bond motifs is 7. The van der Waals surface area contributed by atoms with Crippen molar-refractivity contribution in [1.29, 1.82) is 0 Å². The van der Waals surface area contributed by atoms with E-state index in [-0.39, 0.29) is 30.6 Å². The summed E-state index contributed by atoms with van der Waals surface area (Å²) in [6, 6.07) is 12.3. The van der Waals surface area contributed by atoms with Gasteiger partial charge in [0.15, 0.2) is 29.1 Å². The maximum atomic E-state index is 17.6. The average Bonchev–Trinajstić information content (AvgIpc) is 3.51. The lowest BCUT2D eigenvalue weighted by atomic mass is 9.44. The molecule has 0 spiro atoms. The van der Waals surface area contributed by atoms with Crippen LogP contribution in [0.2, 0.25) is 0 Å². The van der Waals surface area contributed by atoms with Crippen LogP contribution in [0, 0.1) is 22.7 Å². The van der Waals surface area contributed by atoms with Crippen molar-refractivity contribution in [3.05, 3.63) is 83.0 Å². The molecule has 10 atom stereocenters. The van der Waals surface area contributed by atoms with Gasteiger partial charge >= 0.3 is 0 Å². The summed E-state index contributed by atoms with van der Waals surface area (Å²) in [5.41, 5.74) is 1.62. The summed E-state index contributed by atoms with van der Waals surface area (Å²) in [6.07, 6.45) is -1.46. The molecule has 7 rings (SSSR count). The first-order valence-electron chi connectivity index (χ1n) is 15.4. The molecule has 0 bridgehead atoms. The van der Waals surface area contributed by atoms with Crippen molar-refractivity contribution in [2.75, 3.05) is 12.3 Å². The number of aliphatic hydroxyl groups excluding tert-OH is 2. The number of alkyl halides is 2. The lowest BCUT2D eigenvalue weighted by Crippen LogP contribution is -2.70. The lowest BCUT2D eigenvalue weighted by molar-refractivity contribution is -0.235. The SMILES string of the molecule is C[C@]12C=CC(=O)C=C1[C@@H](F)C[C@H]1C3C[C@H]4O[C@@H](c5ccc(Cc6ccc(N)cc6)c(O)c5)O[C@@]4(C(=O)CO)[C@@]3(C)C[C@H](O)[C@@]12F. The summed E-state index contributed by atoms with van der Waals surface area (Å²) in [4.78, 5) is 25.8. The zero-order valence-corrected chi connectivity index (χ0v) is 25.1. The van der Waals surface area contributed by atoms with Crippen molar-refractivity contribution in [2.24, 2.45) is 22.7 Å². The Morgan fingerprint density at radius 3 is 2.53 bits per heavy atom. The minimum absolute atomic E-state index is 0.00261. The van der Waals surface area contributed by atoms with Gasteiger partial charge < -0.3 is 30.5 Å². The maximum Gasteiger partial charge on any atom is 0.193 e. The largest absolute Gasteiger partial charge is 0.508 e. The van der Waals surface area contributed by atoms with Crippen LogP contribution in [0.25, 0.3) is 0 Å². The first-order chi connectivity index (χ1) is 21.3. The van der Waals surface area contributed by atoms with Gasteiger partial charge in [-0.1, -0.05) is 37.3 Å². The summed E-state index contributed by atoms with van der Waals surface area (Å²) in [6.45, 7) is 2.38. The number of aromatic hydroxyl groups is 1. The molecule has 5 N–H and O–H groups in total. The van der Waals surface area contributed by atoms with E-state index in [0.29, 0.717) is 23.2 Å². The normalized spacial score (nSPS) is 41.6. The number of halogens is 2. The Hall–Kier alpha value is -3.44. The Balaban J connectivity index is 1.22. The lowest BCUT2D eigenvalue weighted by Gasteiger charge is -2.63. The van der Waals surface area contributed by atoms with Crippen LogP contribution in [-0.4, -0.2) is 63.1 Å². The van der Waals surface area contributed by atoms with Gasteiger partial charge in [-0.05, 0) is 79.2 Å². The topological polar surface area (TPSA) is 139 Å². The van der Waals surface area contributed by atoms with Crippen molar-refractivity contribution < 1.29 is 43.2 Å². The second-order valence-electron chi connectivity index (χ2n) is 13.8. The van der Waals surface area contributed by atoms with Crippen molar-refractivity contribution in [3.63, 3.8) is 0 Å². The Labute approximate surface area is 259 Å². The van der Waals surface area contributed by atoms with E-state index in [1.54, 1.807) is 31.2 Å². The number of aliphatic hydroxyl groups is 2. The Morgan fingerprint density at radius 2 is 1.84 bits per heavy atom. The number of carbonyl (C=O) groups excluding carboxylic acids is 2. The number of carbonyl (C=O) groups is 2. The number of anilines is 1. The van der Waals surface area contributed by atoms with Crippen LogP contribution in [0.15, 0.2) is 66.3 Å². The van der Waals surface area contributed by atoms with E-state index in [1.165, 1.54) is 25.1 Å². The highest BCUT2D eigenvalue weighted by molar-refractivity contribution is 6.01. The molecule has 1 unspecified atom stereocenters. The summed E-state index contributed by atoms with van der Waals surface area (Å²) in [7, 11) is 0. The predicted octanol–water partition coefficient (Wildman–Crippen LogP) is 4.21. The van der Waals surface area contributed by atoms with Crippen LogP contribution >= 0.6 is 0 Å². The van der Waals surface area contributed by atoms with Gasteiger partial charge in [0.2, 0.25) is 0 Å². The highest BCUT2D eigenvalue weighted by atomic mass is 19.1. The van der Waals surface area contributed by atoms with Crippen LogP contribution in [0.1, 0.15) is 56.1 Å². The smallest absolute Gasteiger partial charge is 0.193 e. The highest BCUT2D eigenvalue weighted by Gasteiger charge is 2.80. The van der Waals surface area contributed by atoms with E-state index in [4.69, 9.17) is 15.2 Å². The molecule has 8 nitrogen and oxygen atoms in total. The van der Waals surface area contributed by atoms with Gasteiger partial charge in [0.05, 0.1) is 12.2 Å². The molecule has 4 fully saturated rings. The van der Waals surface area contributed by atoms with Crippen LogP contribution in [0.5, 0.6) is 5.75 Å². The molecule has 238 valence electrons. The first kappa shape index (κ1) is 30.2. The second kappa shape index (κ2) is 10.0. The molecule has 5 aliphatic rings. The predicted molar refractivity (Wildman–Crippen MR) is 159 cm³/mol. The molecule has 45 heavy (non-hydrogen) atoms. The van der Waals surface area contributed by atoms with E-state index in [1.807, 2.05) is 12.1 Å². The number of hydrogen-bond donors (Lipinski definition) is 4. The first-order valence-corrected chi connectivity index (χ1v) is 15.4. The number of phenols is 1. The van der Waals surface area contributed by atoms with Crippen molar-refractivity contribution in [1.82, 2.24) is 0 Å². The van der Waals surface area contributed by atoms with Crippen LogP contribution < -0.4 is 5.73 Å². The molecule has 0 aromatic heterocycles. The Bertz CT molecular complexity index is 1640. The van der Waals surface area contributed by atoms with Gasteiger partial charge in [0.1, 0.15) is 18.5 Å². The molecule has 2 aromatic rings. The number of benzene rings is 2. The summed E-state index contributed by atoms with van der Waals surface area (Å²) in [5.74, 6) is -2.77. The van der Waals surface area contributed by atoms with Gasteiger partial charge in [0.25, 0.3) is 0 Å². The number of ether oxygens (including phenoxy) is 2. The van der Waals surface area contributed by atoms with Gasteiger partial charge in [-0.3, -0.25) is 9.59 Å². The Kier molecular flexibility index (Phi) is 6.74. The number of ketones is 2. The number of hydrogen-bond acceptors (Lipinski definition) is 8. The van der Waals surface area contributed by atoms with E-state index < -0.39 is 76.8 Å². The standard InChI is InChI=1S/C35H37F2NO7/c1-32-10-9-22(40)13-25(32)26(36)14-24-23-15-30-35(29(43)17-39,33(23,2)16-28(42)34(24,32)37)45-31(44-30)20-6-5-19(27(41)12-20)11-18-3-7-21(38)8-4-18/h3-10,12-13,23-24,26,28,30-31,39,41-42H,11,14-17,38H2,1-2H3/t23?,24-,26-,28-,30+,31+,32-,33-,34-,35+/m0/s1. The van der Waals surface area contributed by atoms with Gasteiger partial charge in [-0.15, -0.1) is 0 Å². The van der Waals surface area contributed by atoms with Crippen LogP contribution in [-0.2, 0) is 25.5 Å². The van der Waals surface area contributed by atoms with E-state index in [0.717, 1.165) is 11.6 Å². The fourth-order valence-electron chi connectivity index (χ4n) is 9.45. The number of phenolic OH excluding ortho intramolecular Hbond substituents is 1. The average molecular weight is 622 g/mol. The van der Waals surface area contributed by atoms with E-state index in [9.17, 15) is 24.9 Å². The molecule has 0 radical (unpaired) electrons. The highest BCUT2D eigenvalue weighted by Crippen LogP contribution is 2.72. The molecule has 2 aromatic carbocycles. The van der Waals surface area contributed by atoms with Crippen LogP contribution in [0.3, 0.4) is 0 Å². The fraction of sp³-hybridized carbons (Fsp3) is 0.486. The molecule has 1 heterocycles. The molecule has 1 aliphatic heterocycles. The van der Waals surface area contributed by atoms with Gasteiger partial charge in [0, 0.05) is 34.4 Å². The van der Waals surface area contributed by atoms with Gasteiger partial charge in [-0.25, -0.2) is 8.78 Å². The molecule has 1 saturated heterocycles. The molecule has 0 amide bonds. The minimum Gasteiger partial charge on any atom is -0.508 e. The quantitative estimate of drug-likeness (QED) is 0.365. The number of nitrogens with two attached hydrogens (primary N) is 1. The van der Waals surface area contributed by atoms with Crippen molar-refractivity contribution in [3.8, 4) is 5.75 Å². The molecule has 4 aliphatic carbocycles. The van der Waals surface area contributed by atoms with E-state index in [2.05, 4.69) is 0 Å². The third kappa shape index (κ3) is 3.95. The summed E-state index contributed by atoms with van der Waals surface area (Å²) in [5, 5.41) is 32.7. The molecular formula is C35H37F2NO7. The number of rotatable bonds is 5. The number of Topliss-reactive ketones (excluding diaryl/α,β-unsaturated/α-hetero) is 1. The zero-order chi connectivity index (χ0) is 32.1. The van der Waals surface area contributed by atoms with E-state index >= 15 is 8.78 Å². The monoisotopic (exact) mass is 621 g/mol. The zero-order valence-electron chi connectivity index (χ0n) is 25.1. The van der Waals surface area contributed by atoms with Crippen molar-refractivity contribution in [2.45, 2.75) is 75.5 Å². The summed E-state index contributed by atoms with van der Waals surface area (Å²) >= 11 is 0. The maximum absolute atomic E-state index is 17.6. The molecule has 3 saturated carbocycles. The fourth-order valence-corrected chi connectivity index (χ4v) is 9.45. The second-order valence-corrected chi connectivity index (χ2v) is 13.8. The van der Waals surface area contributed by atoms with Crippen LogP contribution in [0.4, 0.5) is 14.5 Å². The van der Waals surface area contributed by atoms with Crippen molar-refractivity contribution >= 4 is 17.3 Å². The molecule has 10 heteroatoms.